The average Bonchev–Trinajstić information content (AvgIpc) is 3.39. The first-order chi connectivity index (χ1) is 14.3. The van der Waals surface area contributed by atoms with Crippen molar-refractivity contribution >= 4 is 34.0 Å². The maximum Gasteiger partial charge on any atom is 0.306 e. The lowest BCUT2D eigenvalue weighted by Gasteiger charge is -2.23. The number of carbonyl (C=O) groups is 2. The maximum atomic E-state index is 12.5. The number of amides is 1. The van der Waals surface area contributed by atoms with Gasteiger partial charge >= 0.3 is 5.97 Å². The fourth-order valence-electron chi connectivity index (χ4n) is 5.43. The van der Waals surface area contributed by atoms with E-state index in [1.807, 2.05) is 19.2 Å². The molecule has 5 nitrogen and oxygen atoms in total. The zero-order chi connectivity index (χ0) is 21.4. The number of fused-ring (bicyclic) bond motifs is 2. The third-order valence-electron chi connectivity index (χ3n) is 6.60. The predicted octanol–water partition coefficient (Wildman–Crippen LogP) is 5.62. The standard InChI is InChI=1S/C24H30N2O3S/c1-14-7-15(2)23(16(3)8-14)26(17(4)27)24-25-21(13-30-24)12-29-22(28)11-20-10-18-5-6-19(20)9-18/h7-8,13,18-20H,5-6,9-12H2,1-4H3/t18-,19-,20+/m1/s1. The van der Waals surface area contributed by atoms with Crippen LogP contribution in [0.2, 0.25) is 0 Å². The molecule has 0 radical (unpaired) electrons. The van der Waals surface area contributed by atoms with Gasteiger partial charge in [-0.15, -0.1) is 11.3 Å². The molecule has 3 atom stereocenters. The third kappa shape index (κ3) is 4.29. The van der Waals surface area contributed by atoms with Gasteiger partial charge in [-0.3, -0.25) is 14.5 Å². The van der Waals surface area contributed by atoms with Crippen LogP contribution in [0.25, 0.3) is 0 Å². The van der Waals surface area contributed by atoms with Crippen LogP contribution < -0.4 is 4.90 Å². The second-order valence-electron chi connectivity index (χ2n) is 9.02. The van der Waals surface area contributed by atoms with E-state index in [2.05, 4.69) is 24.0 Å². The molecule has 1 aromatic carbocycles. The number of anilines is 2. The van der Waals surface area contributed by atoms with Crippen molar-refractivity contribution in [3.8, 4) is 0 Å². The molecule has 2 aromatic rings. The first-order valence-electron chi connectivity index (χ1n) is 10.8. The zero-order valence-electron chi connectivity index (χ0n) is 18.2. The molecular formula is C24H30N2O3S. The number of aryl methyl sites for hydroxylation is 3. The fraction of sp³-hybridized carbons (Fsp3) is 0.542. The number of benzene rings is 1. The fourth-order valence-corrected chi connectivity index (χ4v) is 6.29. The molecule has 0 aliphatic heterocycles. The lowest BCUT2D eigenvalue weighted by Crippen LogP contribution is -2.24. The third-order valence-corrected chi connectivity index (χ3v) is 7.47. The smallest absolute Gasteiger partial charge is 0.306 e. The van der Waals surface area contributed by atoms with Gasteiger partial charge in [0.2, 0.25) is 5.91 Å². The Morgan fingerprint density at radius 3 is 2.50 bits per heavy atom. The molecule has 2 fully saturated rings. The highest BCUT2D eigenvalue weighted by Crippen LogP contribution is 2.49. The Morgan fingerprint density at radius 2 is 1.90 bits per heavy atom. The van der Waals surface area contributed by atoms with Gasteiger partial charge in [0, 0.05) is 18.7 Å². The highest BCUT2D eigenvalue weighted by Gasteiger charge is 2.40. The second-order valence-corrected chi connectivity index (χ2v) is 9.86. The summed E-state index contributed by atoms with van der Waals surface area (Å²) in [6, 6.07) is 4.15. The lowest BCUT2D eigenvalue weighted by atomic mass is 9.86. The van der Waals surface area contributed by atoms with E-state index in [1.165, 1.54) is 42.6 Å². The van der Waals surface area contributed by atoms with Crippen LogP contribution in [0.1, 0.15) is 61.4 Å². The molecule has 2 saturated carbocycles. The quantitative estimate of drug-likeness (QED) is 0.562. The average molecular weight is 427 g/mol. The van der Waals surface area contributed by atoms with E-state index in [0.717, 1.165) is 28.7 Å². The first-order valence-corrected chi connectivity index (χ1v) is 11.7. The molecule has 2 aliphatic carbocycles. The number of hydrogen-bond donors (Lipinski definition) is 0. The monoisotopic (exact) mass is 426 g/mol. The summed E-state index contributed by atoms with van der Waals surface area (Å²) in [5.74, 6) is 1.84. The van der Waals surface area contributed by atoms with E-state index in [4.69, 9.17) is 4.74 Å². The molecule has 1 aromatic heterocycles. The van der Waals surface area contributed by atoms with Crippen LogP contribution in [0.15, 0.2) is 17.5 Å². The summed E-state index contributed by atoms with van der Waals surface area (Å²) >= 11 is 1.40. The van der Waals surface area contributed by atoms with Crippen LogP contribution >= 0.6 is 11.3 Å². The summed E-state index contributed by atoms with van der Waals surface area (Å²) in [6.45, 7) is 7.78. The molecule has 2 bridgehead atoms. The number of carbonyl (C=O) groups excluding carboxylic acids is 2. The number of thiazole rings is 1. The summed E-state index contributed by atoms with van der Waals surface area (Å²) in [7, 11) is 0. The van der Waals surface area contributed by atoms with Crippen LogP contribution in [-0.2, 0) is 20.9 Å². The molecular weight excluding hydrogens is 396 g/mol. The Bertz CT molecular complexity index is 944. The minimum absolute atomic E-state index is 0.0840. The SMILES string of the molecule is CC(=O)N(c1nc(COC(=O)C[C@@H]2C[C@@H]3CC[C@@H]2C3)cs1)c1c(C)cc(C)cc1C. The Kier molecular flexibility index (Phi) is 5.96. The second kappa shape index (κ2) is 8.50. The Labute approximate surface area is 182 Å². The van der Waals surface area contributed by atoms with Crippen molar-refractivity contribution in [3.05, 3.63) is 39.9 Å². The summed E-state index contributed by atoms with van der Waals surface area (Å²) in [5, 5.41) is 2.48. The van der Waals surface area contributed by atoms with Crippen molar-refractivity contribution in [1.29, 1.82) is 0 Å². The molecule has 1 amide bonds. The van der Waals surface area contributed by atoms with Gasteiger partial charge < -0.3 is 4.74 Å². The minimum Gasteiger partial charge on any atom is -0.459 e. The Hall–Kier alpha value is -2.21. The molecule has 0 spiro atoms. The summed E-state index contributed by atoms with van der Waals surface area (Å²) in [5.41, 5.74) is 4.81. The predicted molar refractivity (Wildman–Crippen MR) is 119 cm³/mol. The van der Waals surface area contributed by atoms with Gasteiger partial charge in [-0.25, -0.2) is 4.98 Å². The van der Waals surface area contributed by atoms with E-state index < -0.39 is 0 Å². The molecule has 160 valence electrons. The normalized spacial score (nSPS) is 22.3. The van der Waals surface area contributed by atoms with Gasteiger partial charge in [0.1, 0.15) is 6.61 Å². The van der Waals surface area contributed by atoms with Gasteiger partial charge in [0.25, 0.3) is 0 Å². The number of nitrogens with zero attached hydrogens (tertiary/aromatic N) is 2. The molecule has 4 rings (SSSR count). The highest BCUT2D eigenvalue weighted by molar-refractivity contribution is 7.14. The van der Waals surface area contributed by atoms with Crippen molar-refractivity contribution in [2.24, 2.45) is 17.8 Å². The molecule has 0 unspecified atom stereocenters. The van der Waals surface area contributed by atoms with Crippen LogP contribution in [0.4, 0.5) is 10.8 Å². The number of aromatic nitrogens is 1. The number of hydrogen-bond acceptors (Lipinski definition) is 5. The van der Waals surface area contributed by atoms with Crippen molar-refractivity contribution in [2.45, 2.75) is 66.4 Å². The van der Waals surface area contributed by atoms with Crippen molar-refractivity contribution in [1.82, 2.24) is 4.98 Å². The topological polar surface area (TPSA) is 59.5 Å². The van der Waals surface area contributed by atoms with E-state index in [9.17, 15) is 9.59 Å². The molecule has 2 aliphatic rings. The summed E-state index contributed by atoms with van der Waals surface area (Å²) in [4.78, 5) is 31.1. The van der Waals surface area contributed by atoms with Crippen LogP contribution in [0.5, 0.6) is 0 Å². The van der Waals surface area contributed by atoms with Gasteiger partial charge in [-0.1, -0.05) is 24.1 Å². The van der Waals surface area contributed by atoms with Gasteiger partial charge in [0.15, 0.2) is 5.13 Å². The van der Waals surface area contributed by atoms with Gasteiger partial charge in [0.05, 0.1) is 11.4 Å². The van der Waals surface area contributed by atoms with Gasteiger partial charge in [-0.2, -0.15) is 0 Å². The Morgan fingerprint density at radius 1 is 1.17 bits per heavy atom. The van der Waals surface area contributed by atoms with Crippen LogP contribution in [-0.4, -0.2) is 16.9 Å². The Balaban J connectivity index is 1.42. The number of rotatable bonds is 6. The summed E-state index contributed by atoms with van der Waals surface area (Å²) < 4.78 is 5.52. The van der Waals surface area contributed by atoms with Gasteiger partial charge in [-0.05, 0) is 68.9 Å². The lowest BCUT2D eigenvalue weighted by molar-refractivity contribution is -0.146. The molecule has 30 heavy (non-hydrogen) atoms. The first kappa shape index (κ1) is 21.0. The van der Waals surface area contributed by atoms with E-state index >= 15 is 0 Å². The number of ether oxygens (including phenoxy) is 1. The highest BCUT2D eigenvalue weighted by atomic mass is 32.1. The van der Waals surface area contributed by atoms with Crippen LogP contribution in [0, 0.1) is 38.5 Å². The van der Waals surface area contributed by atoms with E-state index in [0.29, 0.717) is 23.2 Å². The largest absolute Gasteiger partial charge is 0.459 e. The van der Waals surface area contributed by atoms with E-state index in [-0.39, 0.29) is 18.5 Å². The molecule has 0 N–H and O–H groups in total. The van der Waals surface area contributed by atoms with Crippen molar-refractivity contribution in [3.63, 3.8) is 0 Å². The van der Waals surface area contributed by atoms with E-state index in [1.54, 1.807) is 11.8 Å². The van der Waals surface area contributed by atoms with Crippen LogP contribution in [0.3, 0.4) is 0 Å². The summed E-state index contributed by atoms with van der Waals surface area (Å²) in [6.07, 6.45) is 5.62. The molecule has 1 heterocycles. The molecule has 0 saturated heterocycles. The van der Waals surface area contributed by atoms with Crippen molar-refractivity contribution in [2.75, 3.05) is 4.90 Å². The number of esters is 1. The van der Waals surface area contributed by atoms with Crippen molar-refractivity contribution < 1.29 is 14.3 Å². The zero-order valence-corrected chi connectivity index (χ0v) is 19.1. The molecule has 6 heteroatoms. The maximum absolute atomic E-state index is 12.5. The minimum atomic E-state index is -0.129.